The summed E-state index contributed by atoms with van der Waals surface area (Å²) in [5, 5.41) is 20.5. The lowest BCUT2D eigenvalue weighted by Crippen LogP contribution is -2.54. The molecule has 0 radical (unpaired) electrons. The number of hydrogen-bond donors (Lipinski definition) is 4. The smallest absolute Gasteiger partial charge is 0.393 e. The molecule has 3 aliphatic rings. The van der Waals surface area contributed by atoms with Crippen molar-refractivity contribution in [1.29, 1.82) is 0 Å². The minimum atomic E-state index is -5.80. The van der Waals surface area contributed by atoms with Crippen molar-refractivity contribution in [2.45, 2.75) is 101 Å². The highest BCUT2D eigenvalue weighted by atomic mass is 32.2. The predicted octanol–water partition coefficient (Wildman–Crippen LogP) is 6.41. The molecular weight excluding hydrogens is 557 g/mol. The van der Waals surface area contributed by atoms with Gasteiger partial charge in [0.15, 0.2) is 0 Å². The van der Waals surface area contributed by atoms with Gasteiger partial charge in [-0.05, 0) is 96.8 Å². The summed E-state index contributed by atoms with van der Waals surface area (Å²) >= 11 is 0. The molecule has 6 nitrogen and oxygen atoms in total. The first-order chi connectivity index (χ1) is 18.5. The Kier molecular flexibility index (Phi) is 8.43. The van der Waals surface area contributed by atoms with Gasteiger partial charge in [0.1, 0.15) is 6.10 Å². The molecule has 4 rings (SSSR count). The van der Waals surface area contributed by atoms with Crippen LogP contribution in [-0.4, -0.2) is 47.5 Å². The van der Waals surface area contributed by atoms with E-state index in [1.165, 1.54) is 0 Å². The van der Waals surface area contributed by atoms with Crippen LogP contribution in [0.3, 0.4) is 0 Å². The van der Waals surface area contributed by atoms with E-state index in [9.17, 15) is 45.1 Å². The molecule has 0 saturated heterocycles. The Bertz CT molecular complexity index is 1210. The number of fused-ring (bicyclic) bond motifs is 5. The maximum Gasteiger partial charge on any atom is 0.456 e. The second kappa shape index (κ2) is 10.8. The average molecular weight is 596 g/mol. The molecule has 40 heavy (non-hydrogen) atoms. The average Bonchev–Trinajstić information content (AvgIpc) is 3.15. The Hall–Kier alpha value is -1.76. The molecule has 0 heterocycles. The van der Waals surface area contributed by atoms with Crippen LogP contribution >= 0.6 is 0 Å². The Balaban J connectivity index is 1.56. The molecule has 2 fully saturated rings. The zero-order valence-electron chi connectivity index (χ0n) is 22.4. The Morgan fingerprint density at radius 3 is 2.50 bits per heavy atom. The van der Waals surface area contributed by atoms with E-state index in [1.807, 2.05) is 12.1 Å². The molecule has 1 aromatic rings. The number of anilines is 1. The van der Waals surface area contributed by atoms with E-state index in [0.29, 0.717) is 38.5 Å². The van der Waals surface area contributed by atoms with Crippen molar-refractivity contribution in [3.8, 4) is 0 Å². The molecule has 0 amide bonds. The molecule has 0 aromatic heterocycles. The van der Waals surface area contributed by atoms with Crippen molar-refractivity contribution in [3.63, 3.8) is 0 Å². The zero-order valence-corrected chi connectivity index (χ0v) is 23.2. The number of benzene rings is 1. The number of aryl methyl sites for hydroxylation is 1. The van der Waals surface area contributed by atoms with Crippen molar-refractivity contribution < 1.29 is 45.1 Å². The lowest BCUT2D eigenvalue weighted by atomic mass is 9.44. The van der Waals surface area contributed by atoms with Gasteiger partial charge in [0, 0.05) is 0 Å². The van der Waals surface area contributed by atoms with E-state index in [0.717, 1.165) is 24.0 Å². The minimum Gasteiger partial charge on any atom is -0.393 e. The highest BCUT2D eigenvalue weighted by Crippen LogP contribution is 2.69. The fourth-order valence-corrected chi connectivity index (χ4v) is 8.63. The standard InChI is InChI=1S/C28H38F5NO5S/c1-3-26-14-13-17-15-19(34-40(37,38)39)9-10-20(17)24(26)18(16-25(2)21(26)11-12-22(25)35)7-5-4-6-8-23(36)27(29,30)28(31,32)33/h3,9-10,15,18,21-24,34-36H,1,4-8,11-14,16H2,2H3,(H,37,38,39)/t18-,21?,22-,23-,24?,25-,26?/m0/s1. The third-order valence-electron chi connectivity index (χ3n) is 9.97. The van der Waals surface area contributed by atoms with Crippen molar-refractivity contribution >= 4 is 16.0 Å². The number of alkyl halides is 5. The fourth-order valence-electron chi connectivity index (χ4n) is 8.21. The maximum absolute atomic E-state index is 13.4. The second-order valence-electron chi connectivity index (χ2n) is 12.2. The summed E-state index contributed by atoms with van der Waals surface area (Å²) in [7, 11) is -4.44. The molecule has 12 heteroatoms. The summed E-state index contributed by atoms with van der Waals surface area (Å²) < 4.78 is 98.4. The molecule has 1 aromatic carbocycles. The van der Waals surface area contributed by atoms with Crippen LogP contribution in [-0.2, 0) is 16.7 Å². The molecule has 0 bridgehead atoms. The van der Waals surface area contributed by atoms with Crippen LogP contribution in [0, 0.1) is 22.7 Å². The van der Waals surface area contributed by atoms with Crippen LogP contribution in [0.2, 0.25) is 0 Å². The van der Waals surface area contributed by atoms with Crippen LogP contribution in [0.15, 0.2) is 30.9 Å². The highest BCUT2D eigenvalue weighted by Gasteiger charge is 2.64. The summed E-state index contributed by atoms with van der Waals surface area (Å²) in [5.74, 6) is -4.93. The van der Waals surface area contributed by atoms with Crippen LogP contribution < -0.4 is 4.72 Å². The number of hydrogen-bond acceptors (Lipinski definition) is 4. The van der Waals surface area contributed by atoms with Crippen molar-refractivity contribution in [3.05, 3.63) is 42.0 Å². The summed E-state index contributed by atoms with van der Waals surface area (Å²) in [6.07, 6.45) is -2.55. The van der Waals surface area contributed by atoms with E-state index in [4.69, 9.17) is 0 Å². The third-order valence-corrected chi connectivity index (χ3v) is 10.5. The van der Waals surface area contributed by atoms with Crippen LogP contribution in [0.4, 0.5) is 27.6 Å². The summed E-state index contributed by atoms with van der Waals surface area (Å²) in [6, 6.07) is 5.18. The number of aliphatic hydroxyl groups is 2. The Morgan fingerprint density at radius 2 is 1.88 bits per heavy atom. The van der Waals surface area contributed by atoms with Crippen molar-refractivity contribution in [2.24, 2.45) is 22.7 Å². The Labute approximate surface area is 231 Å². The van der Waals surface area contributed by atoms with E-state index in [1.54, 1.807) is 12.1 Å². The normalized spacial score (nSPS) is 33.0. The van der Waals surface area contributed by atoms with E-state index < -0.39 is 41.0 Å². The second-order valence-corrected chi connectivity index (χ2v) is 13.3. The first-order valence-electron chi connectivity index (χ1n) is 13.8. The Morgan fingerprint density at radius 1 is 1.18 bits per heavy atom. The van der Waals surface area contributed by atoms with Gasteiger partial charge in [-0.2, -0.15) is 30.4 Å². The molecule has 226 valence electrons. The van der Waals surface area contributed by atoms with Crippen molar-refractivity contribution in [1.82, 2.24) is 0 Å². The summed E-state index contributed by atoms with van der Waals surface area (Å²) in [6.45, 7) is 6.33. The molecule has 3 unspecified atom stereocenters. The van der Waals surface area contributed by atoms with Crippen molar-refractivity contribution in [2.75, 3.05) is 4.72 Å². The van der Waals surface area contributed by atoms with Gasteiger partial charge in [0.2, 0.25) is 0 Å². The SMILES string of the molecule is C=CC12CCc3cc(NS(=O)(=O)O)ccc3C1[C@@H](CCCCC[C@H](O)C(F)(F)C(F)(F)F)C[C@@]1(C)C2CC[C@@H]1O. The minimum absolute atomic E-state index is 0.00272. The fraction of sp³-hybridized carbons (Fsp3) is 0.714. The van der Waals surface area contributed by atoms with Gasteiger partial charge >= 0.3 is 22.4 Å². The monoisotopic (exact) mass is 595 g/mol. The molecule has 3 aliphatic carbocycles. The topological polar surface area (TPSA) is 107 Å². The van der Waals surface area contributed by atoms with Gasteiger partial charge in [-0.25, -0.2) is 0 Å². The molecule has 0 spiro atoms. The van der Waals surface area contributed by atoms with Gasteiger partial charge in [-0.3, -0.25) is 9.27 Å². The number of aliphatic hydroxyl groups excluding tert-OH is 2. The molecular formula is C28H38F5NO5S. The lowest BCUT2D eigenvalue weighted by Gasteiger charge is -2.60. The molecule has 0 aliphatic heterocycles. The van der Waals surface area contributed by atoms with Crippen LogP contribution in [0.5, 0.6) is 0 Å². The largest absolute Gasteiger partial charge is 0.456 e. The zero-order chi connectivity index (χ0) is 29.7. The number of rotatable bonds is 10. The summed E-state index contributed by atoms with van der Waals surface area (Å²) in [4.78, 5) is 0. The third kappa shape index (κ3) is 5.53. The first kappa shape index (κ1) is 31.2. The number of unbranched alkanes of at least 4 members (excludes halogenated alkanes) is 2. The van der Waals surface area contributed by atoms with E-state index in [2.05, 4.69) is 18.2 Å². The van der Waals surface area contributed by atoms with Gasteiger partial charge in [0.05, 0.1) is 11.8 Å². The van der Waals surface area contributed by atoms with E-state index in [-0.39, 0.29) is 40.7 Å². The van der Waals surface area contributed by atoms with Gasteiger partial charge in [-0.1, -0.05) is 38.3 Å². The van der Waals surface area contributed by atoms with Crippen LogP contribution in [0.1, 0.15) is 81.8 Å². The van der Waals surface area contributed by atoms with E-state index >= 15 is 0 Å². The molecule has 7 atom stereocenters. The molecule has 4 N–H and O–H groups in total. The quantitative estimate of drug-likeness (QED) is 0.108. The molecule has 2 saturated carbocycles. The van der Waals surface area contributed by atoms with Gasteiger partial charge < -0.3 is 10.2 Å². The highest BCUT2D eigenvalue weighted by molar-refractivity contribution is 7.87. The first-order valence-corrected chi connectivity index (χ1v) is 15.2. The maximum atomic E-state index is 13.4. The number of nitrogens with one attached hydrogen (secondary N) is 1. The lowest BCUT2D eigenvalue weighted by molar-refractivity contribution is -0.313. The van der Waals surface area contributed by atoms with Gasteiger partial charge in [-0.15, -0.1) is 6.58 Å². The number of halogens is 5. The summed E-state index contributed by atoms with van der Waals surface area (Å²) in [5.41, 5.74) is 1.55. The van der Waals surface area contributed by atoms with Gasteiger partial charge in [0.25, 0.3) is 0 Å². The predicted molar refractivity (Wildman–Crippen MR) is 140 cm³/mol. The van der Waals surface area contributed by atoms with Crippen LogP contribution in [0.25, 0.3) is 0 Å². The number of allylic oxidation sites excluding steroid dienone is 1.